The number of rotatable bonds is 5. The highest BCUT2D eigenvalue weighted by Crippen LogP contribution is 2.28. The van der Waals surface area contributed by atoms with Gasteiger partial charge in [0.2, 0.25) is 0 Å². The maximum absolute atomic E-state index is 12.4. The van der Waals surface area contributed by atoms with Crippen molar-refractivity contribution in [3.05, 3.63) is 48.2 Å². The van der Waals surface area contributed by atoms with Crippen LogP contribution in [0, 0.1) is 0 Å². The molecule has 0 aliphatic heterocycles. The normalized spacial score (nSPS) is 11.2. The SMILES string of the molecule is Nc1ccc(OCCNc2ccc(C(F)(F)F)cn2)cc1. The van der Waals surface area contributed by atoms with E-state index in [4.69, 9.17) is 10.5 Å². The molecular formula is C14H14F3N3O. The zero-order valence-electron chi connectivity index (χ0n) is 11.0. The minimum absolute atomic E-state index is 0.354. The van der Waals surface area contributed by atoms with Gasteiger partial charge in [-0.1, -0.05) is 0 Å². The molecule has 1 aromatic heterocycles. The number of benzene rings is 1. The van der Waals surface area contributed by atoms with Crippen LogP contribution in [0.2, 0.25) is 0 Å². The quantitative estimate of drug-likeness (QED) is 0.657. The van der Waals surface area contributed by atoms with Gasteiger partial charge in [0.25, 0.3) is 0 Å². The number of halogens is 3. The molecule has 0 saturated carbocycles. The van der Waals surface area contributed by atoms with Crippen LogP contribution < -0.4 is 15.8 Å². The van der Waals surface area contributed by atoms with Gasteiger partial charge in [-0.05, 0) is 36.4 Å². The van der Waals surface area contributed by atoms with E-state index in [9.17, 15) is 13.2 Å². The summed E-state index contributed by atoms with van der Waals surface area (Å²) in [4.78, 5) is 3.70. The molecule has 4 nitrogen and oxygen atoms in total. The molecule has 21 heavy (non-hydrogen) atoms. The second-order valence-corrected chi connectivity index (χ2v) is 4.27. The first kappa shape index (κ1) is 15.0. The fourth-order valence-electron chi connectivity index (χ4n) is 1.58. The Kier molecular flexibility index (Phi) is 4.52. The minimum atomic E-state index is -4.37. The second kappa shape index (κ2) is 6.34. The monoisotopic (exact) mass is 297 g/mol. The molecule has 7 heteroatoms. The number of nitrogens with zero attached hydrogens (tertiary/aromatic N) is 1. The molecule has 0 aliphatic carbocycles. The molecule has 3 N–H and O–H groups in total. The summed E-state index contributed by atoms with van der Waals surface area (Å²) in [6, 6.07) is 9.19. The first-order valence-electron chi connectivity index (χ1n) is 6.20. The van der Waals surface area contributed by atoms with Gasteiger partial charge in [-0.2, -0.15) is 13.2 Å². The Morgan fingerprint density at radius 3 is 2.38 bits per heavy atom. The van der Waals surface area contributed by atoms with Gasteiger partial charge < -0.3 is 15.8 Å². The molecule has 0 saturated heterocycles. The Morgan fingerprint density at radius 1 is 1.10 bits per heavy atom. The van der Waals surface area contributed by atoms with E-state index in [1.54, 1.807) is 24.3 Å². The predicted molar refractivity (Wildman–Crippen MR) is 74.1 cm³/mol. The summed E-state index contributed by atoms with van der Waals surface area (Å²) in [7, 11) is 0. The highest BCUT2D eigenvalue weighted by atomic mass is 19.4. The van der Waals surface area contributed by atoms with Crippen LogP contribution in [0.25, 0.3) is 0 Å². The smallest absolute Gasteiger partial charge is 0.417 e. The van der Waals surface area contributed by atoms with Crippen molar-refractivity contribution in [2.24, 2.45) is 0 Å². The molecule has 0 radical (unpaired) electrons. The Hall–Kier alpha value is -2.44. The summed E-state index contributed by atoms with van der Waals surface area (Å²) < 4.78 is 42.5. The summed E-state index contributed by atoms with van der Waals surface area (Å²) in [5, 5.41) is 2.88. The number of anilines is 2. The third-order valence-electron chi connectivity index (χ3n) is 2.65. The number of hydrogen-bond donors (Lipinski definition) is 2. The van der Waals surface area contributed by atoms with Gasteiger partial charge in [-0.3, -0.25) is 0 Å². The average molecular weight is 297 g/mol. The van der Waals surface area contributed by atoms with E-state index in [0.717, 1.165) is 12.3 Å². The number of nitrogens with one attached hydrogen (secondary N) is 1. The van der Waals surface area contributed by atoms with Gasteiger partial charge in [0.1, 0.15) is 18.2 Å². The molecular weight excluding hydrogens is 283 g/mol. The van der Waals surface area contributed by atoms with Crippen molar-refractivity contribution in [3.8, 4) is 5.75 Å². The number of nitrogens with two attached hydrogens (primary N) is 1. The largest absolute Gasteiger partial charge is 0.492 e. The van der Waals surface area contributed by atoms with Crippen molar-refractivity contribution in [1.29, 1.82) is 0 Å². The molecule has 0 atom stereocenters. The van der Waals surface area contributed by atoms with Crippen LogP contribution in [0.3, 0.4) is 0 Å². The Bertz CT molecular complexity index is 568. The summed E-state index contributed by atoms with van der Waals surface area (Å²) in [6.07, 6.45) is -3.58. The molecule has 0 fully saturated rings. The summed E-state index contributed by atoms with van der Waals surface area (Å²) in [5.74, 6) is 1.04. The third-order valence-corrected chi connectivity index (χ3v) is 2.65. The number of ether oxygens (including phenoxy) is 1. The minimum Gasteiger partial charge on any atom is -0.492 e. The van der Waals surface area contributed by atoms with E-state index in [0.29, 0.717) is 30.4 Å². The lowest BCUT2D eigenvalue weighted by Crippen LogP contribution is -2.13. The molecule has 1 heterocycles. The van der Waals surface area contributed by atoms with E-state index in [1.807, 2.05) is 0 Å². The molecule has 1 aromatic carbocycles. The standard InChI is InChI=1S/C14H14F3N3O/c15-14(16,17)10-1-6-13(20-9-10)19-7-8-21-12-4-2-11(18)3-5-12/h1-6,9H,7-8,18H2,(H,19,20). The Morgan fingerprint density at radius 2 is 1.81 bits per heavy atom. The van der Waals surface area contributed by atoms with Crippen molar-refractivity contribution in [1.82, 2.24) is 4.98 Å². The number of hydrogen-bond acceptors (Lipinski definition) is 4. The zero-order chi connectivity index (χ0) is 15.3. The Balaban J connectivity index is 1.77. The lowest BCUT2D eigenvalue weighted by atomic mass is 10.3. The lowest BCUT2D eigenvalue weighted by molar-refractivity contribution is -0.137. The van der Waals surface area contributed by atoms with Crippen molar-refractivity contribution in [3.63, 3.8) is 0 Å². The van der Waals surface area contributed by atoms with E-state index in [1.165, 1.54) is 6.07 Å². The summed E-state index contributed by atoms with van der Waals surface area (Å²) in [5.41, 5.74) is 5.42. The van der Waals surface area contributed by atoms with E-state index >= 15 is 0 Å². The van der Waals surface area contributed by atoms with Crippen molar-refractivity contribution in [2.45, 2.75) is 6.18 Å². The second-order valence-electron chi connectivity index (χ2n) is 4.27. The van der Waals surface area contributed by atoms with Crippen LogP contribution in [0.1, 0.15) is 5.56 Å². The van der Waals surface area contributed by atoms with E-state index in [-0.39, 0.29) is 0 Å². The van der Waals surface area contributed by atoms with Crippen LogP contribution in [0.4, 0.5) is 24.7 Å². The van der Waals surface area contributed by atoms with Gasteiger partial charge >= 0.3 is 6.18 Å². The predicted octanol–water partition coefficient (Wildman–Crippen LogP) is 3.17. The first-order valence-corrected chi connectivity index (χ1v) is 6.20. The van der Waals surface area contributed by atoms with Gasteiger partial charge in [-0.25, -0.2) is 4.98 Å². The molecule has 0 unspecified atom stereocenters. The first-order chi connectivity index (χ1) is 9.95. The van der Waals surface area contributed by atoms with E-state index in [2.05, 4.69) is 10.3 Å². The van der Waals surface area contributed by atoms with Crippen molar-refractivity contribution >= 4 is 11.5 Å². The number of alkyl halides is 3. The highest BCUT2D eigenvalue weighted by molar-refractivity contribution is 5.41. The van der Waals surface area contributed by atoms with Gasteiger partial charge in [0.15, 0.2) is 0 Å². The molecule has 2 rings (SSSR count). The zero-order valence-corrected chi connectivity index (χ0v) is 11.0. The molecule has 0 aliphatic rings. The summed E-state index contributed by atoms with van der Waals surface area (Å²) in [6.45, 7) is 0.773. The number of nitrogen functional groups attached to an aromatic ring is 1. The van der Waals surface area contributed by atoms with Crippen LogP contribution in [0.5, 0.6) is 5.75 Å². The maximum atomic E-state index is 12.4. The van der Waals surface area contributed by atoms with Crippen LogP contribution >= 0.6 is 0 Å². The molecule has 0 bridgehead atoms. The Labute approximate surface area is 119 Å². The van der Waals surface area contributed by atoms with Crippen molar-refractivity contribution in [2.75, 3.05) is 24.2 Å². The number of pyridine rings is 1. The van der Waals surface area contributed by atoms with Crippen LogP contribution in [-0.2, 0) is 6.18 Å². The highest BCUT2D eigenvalue weighted by Gasteiger charge is 2.30. The van der Waals surface area contributed by atoms with Gasteiger partial charge in [0, 0.05) is 11.9 Å². The third kappa shape index (κ3) is 4.55. The van der Waals surface area contributed by atoms with Crippen molar-refractivity contribution < 1.29 is 17.9 Å². The van der Waals surface area contributed by atoms with Gasteiger partial charge in [0.05, 0.1) is 12.1 Å². The average Bonchev–Trinajstić information content (AvgIpc) is 2.45. The van der Waals surface area contributed by atoms with Crippen LogP contribution in [0.15, 0.2) is 42.6 Å². The topological polar surface area (TPSA) is 60.2 Å². The summed E-state index contributed by atoms with van der Waals surface area (Å²) >= 11 is 0. The maximum Gasteiger partial charge on any atom is 0.417 e. The lowest BCUT2D eigenvalue weighted by Gasteiger charge is -2.09. The molecule has 0 spiro atoms. The molecule has 2 aromatic rings. The fourth-order valence-corrected chi connectivity index (χ4v) is 1.58. The van der Waals surface area contributed by atoms with E-state index < -0.39 is 11.7 Å². The molecule has 112 valence electrons. The fraction of sp³-hybridized carbons (Fsp3) is 0.214. The van der Waals surface area contributed by atoms with Crippen LogP contribution in [-0.4, -0.2) is 18.1 Å². The van der Waals surface area contributed by atoms with Gasteiger partial charge in [-0.15, -0.1) is 0 Å². The molecule has 0 amide bonds. The number of aromatic nitrogens is 1.